The molecule has 0 aliphatic heterocycles. The molecule has 1 saturated carbocycles. The molecule has 0 aromatic rings. The minimum Gasteiger partial charge on any atom is -0.478 e. The average Bonchev–Trinajstić information content (AvgIpc) is 2.52. The average molecular weight is 363 g/mol. The number of hydrogen-bond acceptors (Lipinski definition) is 3. The maximum atomic E-state index is 11.7. The van der Waals surface area contributed by atoms with Crippen molar-refractivity contribution in [1.29, 1.82) is 0 Å². The number of carboxylic acid groups (broad SMARTS) is 1. The summed E-state index contributed by atoms with van der Waals surface area (Å²) in [7, 11) is 0. The Morgan fingerprint density at radius 3 is 2.58 bits per heavy atom. The number of fused-ring (bicyclic) bond motifs is 1. The highest BCUT2D eigenvalue weighted by atomic mass is 16.5. The standard InChI is InChI=1S/C22H34O4/c1-14(12-20(24)25)10-11-21(5)16(3)18(26-17(4)23)13-22(6)15(2)8-7-9-19(21)22/h8,12,16,18-19H,7,9-11,13H2,1-6H3,(H,24,25)/b14-12+/t16-,18+,19-,21+,22+/m1/s1. The van der Waals surface area contributed by atoms with Gasteiger partial charge in [0, 0.05) is 13.0 Å². The number of carboxylic acids is 1. The minimum absolute atomic E-state index is 0.00373. The number of hydrogen-bond donors (Lipinski definition) is 1. The number of allylic oxidation sites excluding steroid dienone is 3. The largest absolute Gasteiger partial charge is 0.478 e. The molecule has 0 aromatic carbocycles. The van der Waals surface area contributed by atoms with Crippen LogP contribution in [0.4, 0.5) is 0 Å². The van der Waals surface area contributed by atoms with Gasteiger partial charge in [0.2, 0.25) is 0 Å². The molecule has 0 bridgehead atoms. The highest BCUT2D eigenvalue weighted by Gasteiger charge is 2.57. The third-order valence-corrected chi connectivity index (χ3v) is 7.34. The molecule has 0 saturated heterocycles. The zero-order chi connectivity index (χ0) is 19.7. The van der Waals surface area contributed by atoms with Crippen molar-refractivity contribution < 1.29 is 19.4 Å². The summed E-state index contributed by atoms with van der Waals surface area (Å²) in [5.41, 5.74) is 2.33. The molecule has 1 fully saturated rings. The molecule has 2 aliphatic carbocycles. The van der Waals surface area contributed by atoms with Gasteiger partial charge in [0.1, 0.15) is 6.10 Å². The summed E-state index contributed by atoms with van der Waals surface area (Å²) in [4.78, 5) is 22.6. The predicted molar refractivity (Wildman–Crippen MR) is 103 cm³/mol. The third-order valence-electron chi connectivity index (χ3n) is 7.34. The first-order chi connectivity index (χ1) is 12.0. The zero-order valence-corrected chi connectivity index (χ0v) is 17.1. The van der Waals surface area contributed by atoms with E-state index in [0.717, 1.165) is 37.7 Å². The first kappa shape index (κ1) is 20.7. The van der Waals surface area contributed by atoms with E-state index in [0.29, 0.717) is 5.92 Å². The fraction of sp³-hybridized carbons (Fsp3) is 0.727. The van der Waals surface area contributed by atoms with Crippen molar-refractivity contribution in [3.8, 4) is 0 Å². The van der Waals surface area contributed by atoms with Crippen molar-refractivity contribution in [3.05, 3.63) is 23.3 Å². The topological polar surface area (TPSA) is 63.6 Å². The molecule has 0 aromatic heterocycles. The Morgan fingerprint density at radius 1 is 1.35 bits per heavy atom. The van der Waals surface area contributed by atoms with E-state index in [1.165, 1.54) is 18.6 Å². The van der Waals surface area contributed by atoms with E-state index >= 15 is 0 Å². The lowest BCUT2D eigenvalue weighted by Gasteiger charge is -2.60. The Bertz CT molecular complexity index is 632. The number of esters is 1. The van der Waals surface area contributed by atoms with Gasteiger partial charge >= 0.3 is 11.9 Å². The Labute approximate surface area is 157 Å². The van der Waals surface area contributed by atoms with Crippen molar-refractivity contribution >= 4 is 11.9 Å². The molecule has 4 nitrogen and oxygen atoms in total. The quantitative estimate of drug-likeness (QED) is 0.418. The number of aliphatic carboxylic acids is 1. The second kappa shape index (κ2) is 7.58. The van der Waals surface area contributed by atoms with Crippen LogP contribution in [-0.2, 0) is 14.3 Å². The molecular formula is C22H34O4. The maximum absolute atomic E-state index is 11.7. The van der Waals surface area contributed by atoms with Crippen LogP contribution >= 0.6 is 0 Å². The predicted octanol–water partition coefficient (Wildman–Crippen LogP) is 5.14. The van der Waals surface area contributed by atoms with Gasteiger partial charge in [-0.3, -0.25) is 4.79 Å². The Morgan fingerprint density at radius 2 is 2.00 bits per heavy atom. The van der Waals surface area contributed by atoms with Crippen LogP contribution in [0.3, 0.4) is 0 Å². The number of carbonyl (C=O) groups excluding carboxylic acids is 1. The van der Waals surface area contributed by atoms with Crippen LogP contribution in [0.1, 0.15) is 73.6 Å². The molecule has 1 N–H and O–H groups in total. The van der Waals surface area contributed by atoms with E-state index in [1.807, 2.05) is 6.92 Å². The van der Waals surface area contributed by atoms with Gasteiger partial charge in [-0.15, -0.1) is 0 Å². The second-order valence-electron chi connectivity index (χ2n) is 8.91. The number of carbonyl (C=O) groups is 2. The summed E-state index contributed by atoms with van der Waals surface area (Å²) >= 11 is 0. The van der Waals surface area contributed by atoms with Gasteiger partial charge in [0.05, 0.1) is 0 Å². The Kier molecular flexibility index (Phi) is 6.04. The second-order valence-corrected chi connectivity index (χ2v) is 8.91. The SMILES string of the molecule is CC(=O)O[C@H]1C[C@@]2(C)C(C)=CCC[C@@H]2[C@@](C)(CC/C(C)=C/C(=O)O)[C@@H]1C. The fourth-order valence-corrected chi connectivity index (χ4v) is 5.50. The minimum atomic E-state index is -0.886. The molecule has 0 amide bonds. The van der Waals surface area contributed by atoms with E-state index in [-0.39, 0.29) is 28.8 Å². The van der Waals surface area contributed by atoms with Gasteiger partial charge in [-0.25, -0.2) is 4.79 Å². The lowest BCUT2D eigenvalue weighted by molar-refractivity contribution is -0.169. The summed E-state index contributed by atoms with van der Waals surface area (Å²) in [5.74, 6) is -0.346. The van der Waals surface area contributed by atoms with Gasteiger partial charge in [0.15, 0.2) is 0 Å². The van der Waals surface area contributed by atoms with Crippen LogP contribution in [0.25, 0.3) is 0 Å². The van der Waals surface area contributed by atoms with Crippen molar-refractivity contribution in [1.82, 2.24) is 0 Å². The van der Waals surface area contributed by atoms with Crippen LogP contribution in [0.15, 0.2) is 23.3 Å². The van der Waals surface area contributed by atoms with E-state index in [1.54, 1.807) is 0 Å². The number of rotatable bonds is 5. The first-order valence-corrected chi connectivity index (χ1v) is 9.75. The Hall–Kier alpha value is -1.58. The van der Waals surface area contributed by atoms with E-state index < -0.39 is 5.97 Å². The third kappa shape index (κ3) is 3.89. The van der Waals surface area contributed by atoms with Crippen LogP contribution in [-0.4, -0.2) is 23.1 Å². The van der Waals surface area contributed by atoms with Crippen LogP contribution in [0, 0.1) is 22.7 Å². The van der Waals surface area contributed by atoms with Crippen molar-refractivity contribution in [3.63, 3.8) is 0 Å². The fourth-order valence-electron chi connectivity index (χ4n) is 5.50. The van der Waals surface area contributed by atoms with E-state index in [4.69, 9.17) is 9.84 Å². The van der Waals surface area contributed by atoms with Crippen molar-refractivity contribution in [2.24, 2.45) is 22.7 Å². The van der Waals surface area contributed by atoms with Crippen molar-refractivity contribution in [2.45, 2.75) is 79.8 Å². The summed E-state index contributed by atoms with van der Waals surface area (Å²) in [6, 6.07) is 0. The molecule has 146 valence electrons. The van der Waals surface area contributed by atoms with Gasteiger partial charge in [-0.1, -0.05) is 38.0 Å². The normalized spacial score (nSPS) is 37.5. The summed E-state index contributed by atoms with van der Waals surface area (Å²) in [6.07, 6.45) is 8.34. The molecule has 0 unspecified atom stereocenters. The van der Waals surface area contributed by atoms with Gasteiger partial charge in [-0.2, -0.15) is 0 Å². The summed E-state index contributed by atoms with van der Waals surface area (Å²) < 4.78 is 5.76. The smallest absolute Gasteiger partial charge is 0.328 e. The molecule has 2 aliphatic rings. The van der Waals surface area contributed by atoms with E-state index in [2.05, 4.69) is 33.8 Å². The maximum Gasteiger partial charge on any atom is 0.328 e. The van der Waals surface area contributed by atoms with Gasteiger partial charge < -0.3 is 9.84 Å². The summed E-state index contributed by atoms with van der Waals surface area (Å²) in [5, 5.41) is 9.00. The molecule has 5 atom stereocenters. The molecule has 0 heterocycles. The van der Waals surface area contributed by atoms with Gasteiger partial charge in [0.25, 0.3) is 0 Å². The van der Waals surface area contributed by atoms with Crippen LogP contribution < -0.4 is 0 Å². The highest BCUT2D eigenvalue weighted by Crippen LogP contribution is 2.62. The molecule has 4 heteroatoms. The Balaban J connectivity index is 2.37. The first-order valence-electron chi connectivity index (χ1n) is 9.75. The summed E-state index contributed by atoms with van der Waals surface area (Å²) in [6.45, 7) is 12.4. The van der Waals surface area contributed by atoms with E-state index in [9.17, 15) is 9.59 Å². The lowest BCUT2D eigenvalue weighted by Crippen LogP contribution is -2.55. The lowest BCUT2D eigenvalue weighted by atomic mass is 9.46. The molecule has 26 heavy (non-hydrogen) atoms. The number of ether oxygens (including phenoxy) is 1. The van der Waals surface area contributed by atoms with Crippen LogP contribution in [0.5, 0.6) is 0 Å². The molecule has 0 spiro atoms. The van der Waals surface area contributed by atoms with Crippen molar-refractivity contribution in [2.75, 3.05) is 0 Å². The molecule has 2 rings (SSSR count). The zero-order valence-electron chi connectivity index (χ0n) is 17.1. The van der Waals surface area contributed by atoms with Crippen LogP contribution in [0.2, 0.25) is 0 Å². The highest BCUT2D eigenvalue weighted by molar-refractivity contribution is 5.80. The van der Waals surface area contributed by atoms with Gasteiger partial charge in [-0.05, 0) is 68.6 Å². The monoisotopic (exact) mass is 362 g/mol. The molecule has 0 radical (unpaired) electrons. The molecular weight excluding hydrogens is 328 g/mol.